The van der Waals surface area contributed by atoms with E-state index in [0.29, 0.717) is 34.7 Å². The highest BCUT2D eigenvalue weighted by molar-refractivity contribution is 6.42. The van der Waals surface area contributed by atoms with Gasteiger partial charge in [0.2, 0.25) is 11.8 Å². The lowest BCUT2D eigenvalue weighted by molar-refractivity contribution is -0.134. The van der Waals surface area contributed by atoms with E-state index in [9.17, 15) is 9.59 Å². The second-order valence-electron chi connectivity index (χ2n) is 10.2. The van der Waals surface area contributed by atoms with Crippen molar-refractivity contribution in [1.82, 2.24) is 14.7 Å². The molecule has 4 rings (SSSR count). The van der Waals surface area contributed by atoms with Crippen LogP contribution in [0.5, 0.6) is 5.75 Å². The quantitative estimate of drug-likeness (QED) is 0.438. The minimum Gasteiger partial charge on any atom is -0.490 e. The van der Waals surface area contributed by atoms with Crippen LogP contribution >= 0.6 is 34.8 Å². The lowest BCUT2D eigenvalue weighted by atomic mass is 9.85. The third-order valence-electron chi connectivity index (χ3n) is 7.79. The van der Waals surface area contributed by atoms with Crippen molar-refractivity contribution >= 4 is 46.6 Å². The van der Waals surface area contributed by atoms with Gasteiger partial charge in [-0.2, -0.15) is 0 Å². The summed E-state index contributed by atoms with van der Waals surface area (Å²) in [5.74, 6) is 1.08. The minimum absolute atomic E-state index is 0.0657. The molecule has 0 aliphatic carbocycles. The van der Waals surface area contributed by atoms with Gasteiger partial charge in [-0.25, -0.2) is 0 Å². The van der Waals surface area contributed by atoms with Gasteiger partial charge in [-0.1, -0.05) is 40.9 Å². The molecule has 2 aromatic rings. The lowest BCUT2D eigenvalue weighted by Crippen LogP contribution is -2.48. The average Bonchev–Trinajstić information content (AvgIpc) is 3.33. The topological polar surface area (TPSA) is 53.1 Å². The van der Waals surface area contributed by atoms with E-state index in [4.69, 9.17) is 39.5 Å². The Hall–Kier alpha value is -1.99. The molecule has 0 spiro atoms. The summed E-state index contributed by atoms with van der Waals surface area (Å²) in [6, 6.07) is 13.3. The first-order valence-electron chi connectivity index (χ1n) is 12.7. The van der Waals surface area contributed by atoms with Gasteiger partial charge in [0.25, 0.3) is 0 Å². The monoisotopic (exact) mass is 565 g/mol. The lowest BCUT2D eigenvalue weighted by Gasteiger charge is -2.36. The molecule has 9 heteroatoms. The van der Waals surface area contributed by atoms with Gasteiger partial charge in [-0.3, -0.25) is 14.5 Å². The molecule has 3 atom stereocenters. The standard InChI is InChI=1S/C28H34Cl3N3O3/c1-18(37-23-7-5-21(29)6-8-23)24-15-34(16-25(24)20-4-9-26(30)27(31)14-20)28(36)17-33-12-10-22(11-13-33)32(3)19(2)35/h4-9,14,18,22,24-25H,10-13,15-17H2,1-3H3/t18-,24-,25+/m0/s1. The molecular weight excluding hydrogens is 533 g/mol. The molecule has 200 valence electrons. The molecule has 2 fully saturated rings. The van der Waals surface area contributed by atoms with E-state index in [-0.39, 0.29) is 35.8 Å². The van der Waals surface area contributed by atoms with Gasteiger partial charge in [-0.15, -0.1) is 0 Å². The van der Waals surface area contributed by atoms with Crippen LogP contribution in [-0.2, 0) is 9.59 Å². The van der Waals surface area contributed by atoms with Gasteiger partial charge < -0.3 is 14.5 Å². The molecule has 2 heterocycles. The first-order chi connectivity index (χ1) is 17.6. The van der Waals surface area contributed by atoms with E-state index < -0.39 is 0 Å². The first-order valence-corrected chi connectivity index (χ1v) is 13.9. The molecule has 0 saturated carbocycles. The highest BCUT2D eigenvalue weighted by Gasteiger charge is 2.40. The van der Waals surface area contributed by atoms with E-state index in [0.717, 1.165) is 37.2 Å². The summed E-state index contributed by atoms with van der Waals surface area (Å²) in [4.78, 5) is 31.1. The Morgan fingerprint density at radius 1 is 1.03 bits per heavy atom. The third-order valence-corrected chi connectivity index (χ3v) is 8.78. The highest BCUT2D eigenvalue weighted by Crippen LogP contribution is 2.38. The van der Waals surface area contributed by atoms with Gasteiger partial charge in [0.05, 0.1) is 16.6 Å². The van der Waals surface area contributed by atoms with Crippen molar-refractivity contribution in [3.05, 3.63) is 63.1 Å². The number of benzene rings is 2. The smallest absolute Gasteiger partial charge is 0.236 e. The fraction of sp³-hybridized carbons (Fsp3) is 0.500. The zero-order valence-electron chi connectivity index (χ0n) is 21.5. The Balaban J connectivity index is 1.44. The molecule has 0 aromatic heterocycles. The van der Waals surface area contributed by atoms with Crippen molar-refractivity contribution in [2.24, 2.45) is 5.92 Å². The fourth-order valence-electron chi connectivity index (χ4n) is 5.43. The largest absolute Gasteiger partial charge is 0.490 e. The maximum absolute atomic E-state index is 13.4. The van der Waals surface area contributed by atoms with Crippen molar-refractivity contribution < 1.29 is 14.3 Å². The number of carbonyl (C=O) groups excluding carboxylic acids is 2. The summed E-state index contributed by atoms with van der Waals surface area (Å²) >= 11 is 18.6. The number of hydrogen-bond donors (Lipinski definition) is 0. The van der Waals surface area contributed by atoms with Crippen LogP contribution in [0.15, 0.2) is 42.5 Å². The summed E-state index contributed by atoms with van der Waals surface area (Å²) < 4.78 is 6.29. The predicted octanol–water partition coefficient (Wildman–Crippen LogP) is 5.60. The van der Waals surface area contributed by atoms with Crippen LogP contribution in [-0.4, -0.2) is 78.4 Å². The van der Waals surface area contributed by atoms with Gasteiger partial charge in [0, 0.05) is 63.1 Å². The molecule has 0 radical (unpaired) electrons. The fourth-order valence-corrected chi connectivity index (χ4v) is 5.86. The molecular formula is C28H34Cl3N3O3. The van der Waals surface area contributed by atoms with Gasteiger partial charge in [-0.05, 0) is 61.7 Å². The Bertz CT molecular complexity index is 1110. The van der Waals surface area contributed by atoms with Crippen molar-refractivity contribution in [2.75, 3.05) is 39.8 Å². The number of rotatable bonds is 7. The maximum Gasteiger partial charge on any atom is 0.236 e. The summed E-state index contributed by atoms with van der Waals surface area (Å²) in [5.41, 5.74) is 1.05. The number of likely N-dealkylation sites (tertiary alicyclic amines) is 2. The SMILES string of the molecule is CC(=O)N(C)C1CCN(CC(=O)N2C[C@@H]([C@H](C)Oc3ccc(Cl)cc3)[C@@H](c3ccc(Cl)c(Cl)c3)C2)CC1. The summed E-state index contributed by atoms with van der Waals surface area (Å²) in [6.07, 6.45) is 1.62. The van der Waals surface area contributed by atoms with Crippen LogP contribution < -0.4 is 4.74 Å². The van der Waals surface area contributed by atoms with Crippen molar-refractivity contribution in [1.29, 1.82) is 0 Å². The molecule has 2 amide bonds. The molecule has 2 aliphatic heterocycles. The number of piperidine rings is 1. The zero-order chi connectivity index (χ0) is 26.7. The van der Waals surface area contributed by atoms with E-state index >= 15 is 0 Å². The maximum atomic E-state index is 13.4. The number of halogens is 3. The van der Waals surface area contributed by atoms with Crippen molar-refractivity contribution in [3.8, 4) is 5.75 Å². The van der Waals surface area contributed by atoms with Crippen LogP contribution in [0.1, 0.15) is 38.2 Å². The van der Waals surface area contributed by atoms with Crippen molar-refractivity contribution in [3.63, 3.8) is 0 Å². The van der Waals surface area contributed by atoms with Crippen molar-refractivity contribution in [2.45, 2.75) is 44.8 Å². The first kappa shape index (κ1) is 28.0. The van der Waals surface area contributed by atoms with Crippen LogP contribution in [0.4, 0.5) is 0 Å². The summed E-state index contributed by atoms with van der Waals surface area (Å²) in [7, 11) is 1.86. The Morgan fingerprint density at radius 2 is 1.70 bits per heavy atom. The number of ether oxygens (including phenoxy) is 1. The Morgan fingerprint density at radius 3 is 2.32 bits per heavy atom. The Labute approximate surface area is 234 Å². The molecule has 2 aromatic carbocycles. The van der Waals surface area contributed by atoms with E-state index in [1.807, 2.05) is 66.2 Å². The second-order valence-corrected chi connectivity index (χ2v) is 11.4. The summed E-state index contributed by atoms with van der Waals surface area (Å²) in [5, 5.41) is 1.67. The third kappa shape index (κ3) is 6.91. The molecule has 2 saturated heterocycles. The van der Waals surface area contributed by atoms with Crippen LogP contribution in [0.25, 0.3) is 0 Å². The average molecular weight is 567 g/mol. The summed E-state index contributed by atoms with van der Waals surface area (Å²) in [6.45, 7) is 6.83. The van der Waals surface area contributed by atoms with E-state index in [1.54, 1.807) is 6.92 Å². The Kier molecular flexibility index (Phi) is 9.28. The molecule has 0 N–H and O–H groups in total. The van der Waals surface area contributed by atoms with Crippen LogP contribution in [0.2, 0.25) is 15.1 Å². The van der Waals surface area contributed by atoms with E-state index in [1.165, 1.54) is 0 Å². The zero-order valence-corrected chi connectivity index (χ0v) is 23.8. The van der Waals surface area contributed by atoms with Gasteiger partial charge in [0.15, 0.2) is 0 Å². The molecule has 0 unspecified atom stereocenters. The molecule has 6 nitrogen and oxygen atoms in total. The van der Waals surface area contributed by atoms with Crippen LogP contribution in [0.3, 0.4) is 0 Å². The second kappa shape index (κ2) is 12.2. The molecule has 37 heavy (non-hydrogen) atoms. The predicted molar refractivity (Wildman–Crippen MR) is 149 cm³/mol. The minimum atomic E-state index is -0.142. The normalized spacial score (nSPS) is 21.6. The molecule has 2 aliphatic rings. The number of amides is 2. The number of hydrogen-bond acceptors (Lipinski definition) is 4. The van der Waals surface area contributed by atoms with Gasteiger partial charge in [0.1, 0.15) is 11.9 Å². The number of carbonyl (C=O) groups is 2. The van der Waals surface area contributed by atoms with Crippen LogP contribution in [0, 0.1) is 5.92 Å². The van der Waals surface area contributed by atoms with E-state index in [2.05, 4.69) is 4.90 Å². The number of nitrogens with zero attached hydrogens (tertiary/aromatic N) is 3. The highest BCUT2D eigenvalue weighted by atomic mass is 35.5. The molecule has 0 bridgehead atoms. The van der Waals surface area contributed by atoms with Gasteiger partial charge >= 0.3 is 0 Å².